The molecule has 9 nitrogen and oxygen atoms in total. The minimum atomic E-state index is -1.35. The molecule has 3 fully saturated rings. The Labute approximate surface area is 227 Å². The van der Waals surface area contributed by atoms with Crippen molar-refractivity contribution in [3.63, 3.8) is 0 Å². The molecule has 1 aliphatic carbocycles. The van der Waals surface area contributed by atoms with Gasteiger partial charge in [0.1, 0.15) is 11.2 Å². The van der Waals surface area contributed by atoms with Gasteiger partial charge in [0, 0.05) is 62.0 Å². The van der Waals surface area contributed by atoms with Crippen molar-refractivity contribution < 1.29 is 23.9 Å². The number of carbonyl (C=O) groups excluding carboxylic acids is 4. The van der Waals surface area contributed by atoms with Crippen LogP contribution in [-0.4, -0.2) is 84.2 Å². The summed E-state index contributed by atoms with van der Waals surface area (Å²) in [4.78, 5) is 57.2. The van der Waals surface area contributed by atoms with Crippen LogP contribution < -0.4 is 10.1 Å². The van der Waals surface area contributed by atoms with E-state index in [1.165, 1.54) is 20.0 Å². The van der Waals surface area contributed by atoms with Crippen LogP contribution in [0.2, 0.25) is 0 Å². The lowest BCUT2D eigenvalue weighted by Gasteiger charge is -2.34. The first-order valence-electron chi connectivity index (χ1n) is 13.3. The molecular weight excluding hydrogens is 496 g/mol. The van der Waals surface area contributed by atoms with E-state index in [0.717, 1.165) is 31.7 Å². The van der Waals surface area contributed by atoms with Crippen LogP contribution in [0.3, 0.4) is 0 Å². The minimum Gasteiger partial charge on any atom is -0.497 e. The number of benzene rings is 2. The molecule has 39 heavy (non-hydrogen) atoms. The van der Waals surface area contributed by atoms with E-state index in [9.17, 15) is 19.2 Å². The van der Waals surface area contributed by atoms with E-state index < -0.39 is 17.2 Å². The Morgan fingerprint density at radius 1 is 1.05 bits per heavy atom. The molecule has 2 saturated heterocycles. The van der Waals surface area contributed by atoms with Gasteiger partial charge in [-0.1, -0.05) is 17.9 Å². The summed E-state index contributed by atoms with van der Waals surface area (Å²) in [7, 11) is 1.54. The van der Waals surface area contributed by atoms with Gasteiger partial charge in [-0.05, 0) is 54.8 Å². The third-order valence-corrected chi connectivity index (χ3v) is 8.05. The van der Waals surface area contributed by atoms with E-state index in [1.807, 2.05) is 11.0 Å². The standard InChI is InChI=1S/C30H30N4O5/c1-39-24-9-6-22-18-34(28(37)25(22)16-24)19-30(17-26(35)31-29(30)38)11-10-20-2-4-21(5-3-20)27(36)33-14-12-32(13-15-33)23-7-8-23/h2-6,9,16,23H,7-8,12-15,17-19H2,1H3,(H,31,35,38)/t30-/m1/s1. The molecule has 1 saturated carbocycles. The lowest BCUT2D eigenvalue weighted by atomic mass is 9.85. The van der Waals surface area contributed by atoms with Crippen LogP contribution in [0.5, 0.6) is 5.75 Å². The summed E-state index contributed by atoms with van der Waals surface area (Å²) in [5.41, 5.74) is 1.23. The second-order valence-electron chi connectivity index (χ2n) is 10.7. The van der Waals surface area contributed by atoms with E-state index in [1.54, 1.807) is 41.3 Å². The zero-order chi connectivity index (χ0) is 27.1. The van der Waals surface area contributed by atoms with E-state index in [2.05, 4.69) is 22.1 Å². The lowest BCUT2D eigenvalue weighted by molar-refractivity contribution is -0.127. The normalized spacial score (nSPS) is 22.8. The van der Waals surface area contributed by atoms with Crippen LogP contribution in [0.1, 0.15) is 51.1 Å². The summed E-state index contributed by atoms with van der Waals surface area (Å²) in [6.07, 6.45) is 2.42. The number of piperazine rings is 1. The highest BCUT2D eigenvalue weighted by molar-refractivity contribution is 6.08. The monoisotopic (exact) mass is 526 g/mol. The Bertz CT molecular complexity index is 1410. The van der Waals surface area contributed by atoms with Crippen LogP contribution in [-0.2, 0) is 16.1 Å². The number of hydrogen-bond acceptors (Lipinski definition) is 6. The van der Waals surface area contributed by atoms with E-state index >= 15 is 0 Å². The van der Waals surface area contributed by atoms with Crippen LogP contribution in [0.25, 0.3) is 0 Å². The Morgan fingerprint density at radius 3 is 2.44 bits per heavy atom. The van der Waals surface area contributed by atoms with Gasteiger partial charge in [0.15, 0.2) is 0 Å². The number of hydrogen-bond donors (Lipinski definition) is 1. The Kier molecular flexibility index (Phi) is 6.35. The van der Waals surface area contributed by atoms with Crippen molar-refractivity contribution in [2.24, 2.45) is 5.41 Å². The first-order valence-corrected chi connectivity index (χ1v) is 13.3. The first kappa shape index (κ1) is 25.1. The van der Waals surface area contributed by atoms with Gasteiger partial charge in [-0.2, -0.15) is 0 Å². The molecule has 0 radical (unpaired) electrons. The maximum Gasteiger partial charge on any atom is 0.254 e. The van der Waals surface area contributed by atoms with E-state index in [0.29, 0.717) is 35.0 Å². The molecule has 2 aromatic rings. The Hall–Kier alpha value is -4.16. The summed E-state index contributed by atoms with van der Waals surface area (Å²) in [6, 6.07) is 13.0. The molecule has 1 N–H and O–H groups in total. The fourth-order valence-electron chi connectivity index (χ4n) is 5.63. The van der Waals surface area contributed by atoms with Crippen molar-refractivity contribution in [2.75, 3.05) is 39.8 Å². The molecule has 0 spiro atoms. The predicted octanol–water partition coefficient (Wildman–Crippen LogP) is 1.66. The fraction of sp³-hybridized carbons (Fsp3) is 0.400. The van der Waals surface area contributed by atoms with Crippen LogP contribution >= 0.6 is 0 Å². The molecule has 0 bridgehead atoms. The van der Waals surface area contributed by atoms with Crippen molar-refractivity contribution in [1.82, 2.24) is 20.0 Å². The molecule has 0 aromatic heterocycles. The number of methoxy groups -OCH3 is 1. The number of amides is 4. The topological polar surface area (TPSA) is 99.3 Å². The average molecular weight is 527 g/mol. The highest BCUT2D eigenvalue weighted by Gasteiger charge is 2.48. The molecule has 6 rings (SSSR count). The highest BCUT2D eigenvalue weighted by atomic mass is 16.5. The molecule has 9 heteroatoms. The predicted molar refractivity (Wildman–Crippen MR) is 142 cm³/mol. The fourth-order valence-corrected chi connectivity index (χ4v) is 5.63. The summed E-state index contributed by atoms with van der Waals surface area (Å²) in [5, 5.41) is 2.35. The number of carbonyl (C=O) groups is 4. The summed E-state index contributed by atoms with van der Waals surface area (Å²) < 4.78 is 5.24. The molecule has 2 aromatic carbocycles. The number of ether oxygens (including phenoxy) is 1. The van der Waals surface area contributed by atoms with E-state index in [-0.39, 0.29) is 24.8 Å². The quantitative estimate of drug-likeness (QED) is 0.470. The highest BCUT2D eigenvalue weighted by Crippen LogP contribution is 2.34. The van der Waals surface area contributed by atoms with Gasteiger partial charge in [-0.15, -0.1) is 0 Å². The molecule has 200 valence electrons. The lowest BCUT2D eigenvalue weighted by Crippen LogP contribution is -2.49. The molecule has 1 atom stereocenters. The van der Waals surface area contributed by atoms with E-state index in [4.69, 9.17) is 4.74 Å². The van der Waals surface area contributed by atoms with Crippen LogP contribution in [0.4, 0.5) is 0 Å². The van der Waals surface area contributed by atoms with Crippen molar-refractivity contribution in [2.45, 2.75) is 31.8 Å². The number of rotatable bonds is 5. The van der Waals surface area contributed by atoms with Gasteiger partial charge in [-0.25, -0.2) is 0 Å². The summed E-state index contributed by atoms with van der Waals surface area (Å²) in [5.74, 6) is 5.49. The molecule has 4 amide bonds. The van der Waals surface area contributed by atoms with Crippen LogP contribution in [0, 0.1) is 17.3 Å². The largest absolute Gasteiger partial charge is 0.497 e. The Morgan fingerprint density at radius 2 is 1.79 bits per heavy atom. The molecule has 0 unspecified atom stereocenters. The van der Waals surface area contributed by atoms with Crippen molar-refractivity contribution in [3.8, 4) is 17.6 Å². The molecule has 3 aliphatic heterocycles. The number of nitrogens with zero attached hydrogens (tertiary/aromatic N) is 3. The zero-order valence-electron chi connectivity index (χ0n) is 21.9. The van der Waals surface area contributed by atoms with Crippen molar-refractivity contribution in [1.29, 1.82) is 0 Å². The van der Waals surface area contributed by atoms with Crippen molar-refractivity contribution >= 4 is 23.6 Å². The zero-order valence-corrected chi connectivity index (χ0v) is 21.9. The van der Waals surface area contributed by atoms with Crippen LogP contribution in [0.15, 0.2) is 42.5 Å². The second-order valence-corrected chi connectivity index (χ2v) is 10.7. The first-order chi connectivity index (χ1) is 18.8. The van der Waals surface area contributed by atoms with Gasteiger partial charge in [-0.3, -0.25) is 29.4 Å². The molecule has 4 aliphatic rings. The number of imide groups is 1. The summed E-state index contributed by atoms with van der Waals surface area (Å²) >= 11 is 0. The van der Waals surface area contributed by atoms with Gasteiger partial charge in [0.25, 0.3) is 11.8 Å². The number of fused-ring (bicyclic) bond motifs is 1. The maximum absolute atomic E-state index is 13.1. The molecular formula is C30H30N4O5. The van der Waals surface area contributed by atoms with Gasteiger partial charge in [0.2, 0.25) is 11.8 Å². The average Bonchev–Trinajstić information content (AvgIpc) is 3.71. The SMILES string of the molecule is COc1ccc2c(c1)C(=O)N(C[C@@]1(C#Cc3ccc(C(=O)N4CCN(C5CC5)CC4)cc3)CC(=O)NC1=O)C2. The minimum absolute atomic E-state index is 0.00317. The third kappa shape index (κ3) is 4.88. The molecule has 3 heterocycles. The van der Waals surface area contributed by atoms with Gasteiger partial charge >= 0.3 is 0 Å². The smallest absolute Gasteiger partial charge is 0.254 e. The Balaban J connectivity index is 1.17. The second kappa shape index (κ2) is 9.86. The number of nitrogens with one attached hydrogen (secondary N) is 1. The van der Waals surface area contributed by atoms with Gasteiger partial charge in [0.05, 0.1) is 13.5 Å². The van der Waals surface area contributed by atoms with Crippen molar-refractivity contribution in [3.05, 3.63) is 64.7 Å². The third-order valence-electron chi connectivity index (χ3n) is 8.05. The summed E-state index contributed by atoms with van der Waals surface area (Å²) in [6.45, 7) is 3.62. The van der Waals surface area contributed by atoms with Gasteiger partial charge < -0.3 is 14.5 Å². The maximum atomic E-state index is 13.1.